The van der Waals surface area contributed by atoms with Crippen LogP contribution >= 0.6 is 0 Å². The smallest absolute Gasteiger partial charge is 0.303 e. The number of carboxylic acid groups (broad SMARTS) is 1. The molecular formula is C12H17N3O3. The molecule has 1 amide bonds. The molecular weight excluding hydrogens is 234 g/mol. The van der Waals surface area contributed by atoms with Crippen molar-refractivity contribution in [2.75, 3.05) is 0 Å². The van der Waals surface area contributed by atoms with Crippen LogP contribution in [0, 0.1) is 6.92 Å². The van der Waals surface area contributed by atoms with Gasteiger partial charge in [-0.15, -0.1) is 0 Å². The van der Waals surface area contributed by atoms with Crippen molar-refractivity contribution in [1.82, 2.24) is 10.3 Å². The van der Waals surface area contributed by atoms with Gasteiger partial charge in [0.2, 0.25) is 5.91 Å². The minimum Gasteiger partial charge on any atom is -0.481 e. The Bertz CT molecular complexity index is 434. The number of aliphatic carboxylic acids is 1. The second kappa shape index (κ2) is 6.70. The van der Waals surface area contributed by atoms with Gasteiger partial charge in [0, 0.05) is 25.4 Å². The van der Waals surface area contributed by atoms with Gasteiger partial charge in [-0.25, -0.2) is 0 Å². The highest BCUT2D eigenvalue weighted by atomic mass is 16.4. The summed E-state index contributed by atoms with van der Waals surface area (Å²) in [5, 5.41) is 11.2. The van der Waals surface area contributed by atoms with Crippen LogP contribution in [0.5, 0.6) is 0 Å². The molecule has 0 fully saturated rings. The van der Waals surface area contributed by atoms with Crippen molar-refractivity contribution in [3.8, 4) is 0 Å². The van der Waals surface area contributed by atoms with Gasteiger partial charge in [-0.2, -0.15) is 0 Å². The van der Waals surface area contributed by atoms with Crippen LogP contribution in [0.4, 0.5) is 0 Å². The number of amides is 1. The number of hydrogen-bond acceptors (Lipinski definition) is 4. The van der Waals surface area contributed by atoms with E-state index in [0.29, 0.717) is 6.54 Å². The number of nitrogens with zero attached hydrogens (tertiary/aromatic N) is 1. The van der Waals surface area contributed by atoms with Gasteiger partial charge in [-0.05, 0) is 30.5 Å². The van der Waals surface area contributed by atoms with Gasteiger partial charge in [-0.1, -0.05) is 0 Å². The van der Waals surface area contributed by atoms with Crippen LogP contribution in [0.25, 0.3) is 0 Å². The zero-order chi connectivity index (χ0) is 13.5. The molecule has 0 bridgehead atoms. The lowest BCUT2D eigenvalue weighted by atomic mass is 10.1. The number of nitrogens with one attached hydrogen (secondary N) is 1. The number of hydrogen-bond donors (Lipinski definition) is 3. The molecule has 0 aromatic carbocycles. The summed E-state index contributed by atoms with van der Waals surface area (Å²) >= 11 is 0. The van der Waals surface area contributed by atoms with E-state index in [1.165, 1.54) is 0 Å². The van der Waals surface area contributed by atoms with Gasteiger partial charge < -0.3 is 16.2 Å². The minimum absolute atomic E-state index is 0.111. The predicted octanol–water partition coefficient (Wildman–Crippen LogP) is 0.198. The van der Waals surface area contributed by atoms with Gasteiger partial charge in [0.15, 0.2) is 0 Å². The number of rotatable bonds is 6. The fraction of sp³-hybridized carbons (Fsp3) is 0.417. The number of carbonyl (C=O) groups excluding carboxylic acids is 1. The summed E-state index contributed by atoms with van der Waals surface area (Å²) in [4.78, 5) is 25.9. The standard InChI is InChI=1S/C12H17N3O3/c1-8-4-5-14-6-9(8)7-15-12(18)10(13)2-3-11(16)17/h4-6,10H,2-3,7,13H2,1H3,(H,15,18)(H,16,17). The highest BCUT2D eigenvalue weighted by molar-refractivity contribution is 5.82. The Labute approximate surface area is 105 Å². The summed E-state index contributed by atoms with van der Waals surface area (Å²) in [7, 11) is 0. The fourth-order valence-corrected chi connectivity index (χ4v) is 1.41. The molecule has 0 saturated carbocycles. The highest BCUT2D eigenvalue weighted by Crippen LogP contribution is 2.04. The number of aromatic nitrogens is 1. The van der Waals surface area contributed by atoms with E-state index in [2.05, 4.69) is 10.3 Å². The summed E-state index contributed by atoms with van der Waals surface area (Å²) in [5.74, 6) is -1.30. The Morgan fingerprint density at radius 1 is 1.56 bits per heavy atom. The molecule has 0 aliphatic rings. The van der Waals surface area contributed by atoms with Crippen LogP contribution in [0.15, 0.2) is 18.5 Å². The number of pyridine rings is 1. The molecule has 18 heavy (non-hydrogen) atoms. The number of nitrogens with two attached hydrogens (primary N) is 1. The molecule has 0 spiro atoms. The van der Waals surface area contributed by atoms with Crippen molar-refractivity contribution in [3.05, 3.63) is 29.6 Å². The van der Waals surface area contributed by atoms with Gasteiger partial charge in [-0.3, -0.25) is 14.6 Å². The molecule has 98 valence electrons. The van der Waals surface area contributed by atoms with Crippen molar-refractivity contribution in [2.24, 2.45) is 5.73 Å². The number of carbonyl (C=O) groups is 2. The van der Waals surface area contributed by atoms with Gasteiger partial charge in [0.25, 0.3) is 0 Å². The van der Waals surface area contributed by atoms with E-state index in [-0.39, 0.29) is 18.7 Å². The lowest BCUT2D eigenvalue weighted by Gasteiger charge is -2.12. The van der Waals surface area contributed by atoms with E-state index in [9.17, 15) is 9.59 Å². The Kier molecular flexibility index (Phi) is 5.26. The lowest BCUT2D eigenvalue weighted by molar-refractivity contribution is -0.137. The van der Waals surface area contributed by atoms with Crippen molar-refractivity contribution in [1.29, 1.82) is 0 Å². The molecule has 1 rings (SSSR count). The first kappa shape index (κ1) is 14.1. The first-order valence-corrected chi connectivity index (χ1v) is 5.65. The highest BCUT2D eigenvalue weighted by Gasteiger charge is 2.14. The van der Waals surface area contributed by atoms with Crippen LogP contribution in [-0.4, -0.2) is 28.0 Å². The van der Waals surface area contributed by atoms with Crippen LogP contribution in [-0.2, 0) is 16.1 Å². The monoisotopic (exact) mass is 251 g/mol. The third-order valence-corrected chi connectivity index (χ3v) is 2.61. The van der Waals surface area contributed by atoms with Gasteiger partial charge >= 0.3 is 5.97 Å². The van der Waals surface area contributed by atoms with Gasteiger partial charge in [0.1, 0.15) is 0 Å². The Balaban J connectivity index is 2.41. The van der Waals surface area contributed by atoms with Crippen molar-refractivity contribution in [3.63, 3.8) is 0 Å². The van der Waals surface area contributed by atoms with E-state index >= 15 is 0 Å². The van der Waals surface area contributed by atoms with Crippen LogP contribution < -0.4 is 11.1 Å². The van der Waals surface area contributed by atoms with Crippen molar-refractivity contribution in [2.45, 2.75) is 32.4 Å². The van der Waals surface area contributed by atoms with E-state index in [0.717, 1.165) is 11.1 Å². The second-order valence-corrected chi connectivity index (χ2v) is 4.06. The average Bonchev–Trinajstić information content (AvgIpc) is 2.34. The summed E-state index contributed by atoms with van der Waals surface area (Å²) in [6.45, 7) is 2.27. The Morgan fingerprint density at radius 2 is 2.28 bits per heavy atom. The molecule has 0 aliphatic carbocycles. The molecule has 1 unspecified atom stereocenters. The maximum atomic E-state index is 11.6. The normalized spacial score (nSPS) is 11.9. The maximum absolute atomic E-state index is 11.6. The Hall–Kier alpha value is -1.95. The minimum atomic E-state index is -0.957. The second-order valence-electron chi connectivity index (χ2n) is 4.06. The van der Waals surface area contributed by atoms with Crippen molar-refractivity contribution < 1.29 is 14.7 Å². The Morgan fingerprint density at radius 3 is 2.89 bits per heavy atom. The molecule has 6 heteroatoms. The zero-order valence-corrected chi connectivity index (χ0v) is 10.2. The average molecular weight is 251 g/mol. The molecule has 0 aliphatic heterocycles. The van der Waals surface area contributed by atoms with Gasteiger partial charge in [0.05, 0.1) is 6.04 Å². The molecule has 4 N–H and O–H groups in total. The topological polar surface area (TPSA) is 105 Å². The van der Waals surface area contributed by atoms with Crippen LogP contribution in [0.3, 0.4) is 0 Å². The fourth-order valence-electron chi connectivity index (χ4n) is 1.41. The maximum Gasteiger partial charge on any atom is 0.303 e. The summed E-state index contributed by atoms with van der Waals surface area (Å²) in [6, 6.07) is 1.06. The van der Waals surface area contributed by atoms with E-state index in [4.69, 9.17) is 10.8 Å². The largest absolute Gasteiger partial charge is 0.481 e. The molecule has 1 atom stereocenters. The molecule has 0 radical (unpaired) electrons. The molecule has 6 nitrogen and oxygen atoms in total. The summed E-state index contributed by atoms with van der Waals surface area (Å²) in [6.07, 6.45) is 3.38. The first-order chi connectivity index (χ1) is 8.50. The lowest BCUT2D eigenvalue weighted by Crippen LogP contribution is -2.40. The number of carboxylic acids is 1. The quantitative estimate of drug-likeness (QED) is 0.669. The summed E-state index contributed by atoms with van der Waals surface area (Å²) in [5.41, 5.74) is 7.52. The van der Waals surface area contributed by atoms with E-state index in [1.54, 1.807) is 12.4 Å². The molecule has 1 aromatic heterocycles. The van der Waals surface area contributed by atoms with Crippen LogP contribution in [0.1, 0.15) is 24.0 Å². The van der Waals surface area contributed by atoms with E-state index in [1.807, 2.05) is 13.0 Å². The van der Waals surface area contributed by atoms with E-state index < -0.39 is 12.0 Å². The molecule has 0 saturated heterocycles. The van der Waals surface area contributed by atoms with Crippen LogP contribution in [0.2, 0.25) is 0 Å². The molecule has 1 aromatic rings. The third kappa shape index (κ3) is 4.50. The predicted molar refractivity (Wildman–Crippen MR) is 65.7 cm³/mol. The third-order valence-electron chi connectivity index (χ3n) is 2.61. The SMILES string of the molecule is Cc1ccncc1CNC(=O)C(N)CCC(=O)O. The van der Waals surface area contributed by atoms with Crippen molar-refractivity contribution >= 4 is 11.9 Å². The number of aryl methyl sites for hydroxylation is 1. The first-order valence-electron chi connectivity index (χ1n) is 5.65. The zero-order valence-electron chi connectivity index (χ0n) is 10.2. The molecule has 1 heterocycles. The summed E-state index contributed by atoms with van der Waals surface area (Å²) < 4.78 is 0.